The zero-order valence-corrected chi connectivity index (χ0v) is 24.1. The van der Waals surface area contributed by atoms with Gasteiger partial charge in [0.25, 0.3) is 0 Å². The number of hydrogen-bond donors (Lipinski definition) is 1. The molecule has 0 heterocycles. The van der Waals surface area contributed by atoms with Gasteiger partial charge in [-0.05, 0) is 57.9 Å². The Balaban J connectivity index is 2.66. The zero-order valence-electron chi connectivity index (χ0n) is 24.1. The topological polar surface area (TPSA) is 90.9 Å². The summed E-state index contributed by atoms with van der Waals surface area (Å²) in [4.78, 5) is 38.1. The van der Waals surface area contributed by atoms with Crippen molar-refractivity contribution in [3.05, 3.63) is 48.6 Å². The van der Waals surface area contributed by atoms with Gasteiger partial charge in [-0.25, -0.2) is 9.59 Å². The average molecular weight is 532 g/mol. The monoisotopic (exact) mass is 531 g/mol. The molecule has 0 unspecified atom stereocenters. The second-order valence-electron chi connectivity index (χ2n) is 11.2. The number of alkyl carbamates (subject to hydrolysis) is 1. The van der Waals surface area contributed by atoms with E-state index in [-0.39, 0.29) is 25.6 Å². The van der Waals surface area contributed by atoms with Crippen molar-refractivity contribution in [2.75, 3.05) is 13.2 Å². The van der Waals surface area contributed by atoms with Crippen LogP contribution < -0.4 is 5.32 Å². The predicted molar refractivity (Wildman–Crippen MR) is 151 cm³/mol. The highest BCUT2D eigenvalue weighted by atomic mass is 16.6. The van der Waals surface area contributed by atoms with Crippen LogP contribution in [0, 0.1) is 11.8 Å². The summed E-state index contributed by atoms with van der Waals surface area (Å²) in [5, 5.41) is 2.61. The summed E-state index contributed by atoms with van der Waals surface area (Å²) in [5.41, 5.74) is 0.648. The van der Waals surface area contributed by atoms with Crippen LogP contribution in [0.25, 0.3) is 0 Å². The van der Waals surface area contributed by atoms with E-state index in [1.807, 2.05) is 19.9 Å². The molecule has 1 amide bonds. The van der Waals surface area contributed by atoms with Crippen molar-refractivity contribution >= 4 is 18.0 Å². The first-order valence-electron chi connectivity index (χ1n) is 14.0. The van der Waals surface area contributed by atoms with E-state index in [2.05, 4.69) is 36.2 Å². The van der Waals surface area contributed by atoms with Crippen LogP contribution in [0.15, 0.2) is 43.0 Å². The van der Waals surface area contributed by atoms with Crippen LogP contribution >= 0.6 is 0 Å². The van der Waals surface area contributed by atoms with E-state index in [9.17, 15) is 14.4 Å². The van der Waals surface area contributed by atoms with Crippen LogP contribution in [0.1, 0.15) is 91.5 Å². The summed E-state index contributed by atoms with van der Waals surface area (Å²) < 4.78 is 16.0. The lowest BCUT2D eigenvalue weighted by atomic mass is 9.93. The lowest BCUT2D eigenvalue weighted by Crippen LogP contribution is -2.46. The lowest BCUT2D eigenvalue weighted by molar-refractivity contribution is -0.151. The number of hydrogen-bond acceptors (Lipinski definition) is 6. The highest BCUT2D eigenvalue weighted by molar-refractivity contribution is 5.82. The third kappa shape index (κ3) is 16.1. The second-order valence-corrected chi connectivity index (χ2v) is 11.2. The van der Waals surface area contributed by atoms with Crippen LogP contribution in [-0.4, -0.2) is 42.9 Å². The fourth-order valence-electron chi connectivity index (χ4n) is 3.96. The van der Waals surface area contributed by atoms with Crippen molar-refractivity contribution in [2.45, 2.75) is 104 Å². The number of carbonyl (C=O) groups is 3. The number of rotatable bonds is 18. The first-order valence-corrected chi connectivity index (χ1v) is 14.0. The minimum atomic E-state index is -1.01. The maximum absolute atomic E-state index is 12.8. The number of amides is 1. The van der Waals surface area contributed by atoms with Crippen molar-refractivity contribution < 1.29 is 28.6 Å². The maximum atomic E-state index is 12.8. The summed E-state index contributed by atoms with van der Waals surface area (Å²) in [6.45, 7) is 13.0. The summed E-state index contributed by atoms with van der Waals surface area (Å²) in [5.74, 6) is -1.40. The van der Waals surface area contributed by atoms with Gasteiger partial charge in [0, 0.05) is 0 Å². The third-order valence-electron chi connectivity index (χ3n) is 5.84. The van der Waals surface area contributed by atoms with E-state index in [4.69, 9.17) is 14.2 Å². The van der Waals surface area contributed by atoms with Gasteiger partial charge >= 0.3 is 18.0 Å². The molecule has 7 heteroatoms. The Morgan fingerprint density at radius 2 is 1.55 bits per heavy atom. The number of unbranched alkanes of at least 4 members (excludes halogenated alkanes) is 5. The maximum Gasteiger partial charge on any atom is 0.408 e. The smallest absolute Gasteiger partial charge is 0.408 e. The number of carbonyl (C=O) groups excluding carboxylic acids is 3. The Morgan fingerprint density at radius 1 is 0.921 bits per heavy atom. The summed E-state index contributed by atoms with van der Waals surface area (Å²) in [6.07, 6.45) is 8.90. The molecular formula is C31H49NO6. The van der Waals surface area contributed by atoms with Gasteiger partial charge in [-0.3, -0.25) is 4.79 Å². The number of benzene rings is 1. The van der Waals surface area contributed by atoms with Gasteiger partial charge in [-0.2, -0.15) is 0 Å². The Morgan fingerprint density at radius 3 is 2.16 bits per heavy atom. The fourth-order valence-corrected chi connectivity index (χ4v) is 3.96. The molecule has 0 spiro atoms. The zero-order chi connectivity index (χ0) is 28.4. The summed E-state index contributed by atoms with van der Waals surface area (Å²) in [7, 11) is 0. The molecule has 0 aliphatic carbocycles. The summed E-state index contributed by atoms with van der Waals surface area (Å²) in [6, 6.07) is 9.49. The molecule has 0 aliphatic rings. The van der Waals surface area contributed by atoms with Crippen molar-refractivity contribution in [3.63, 3.8) is 0 Å². The van der Waals surface area contributed by atoms with Crippen molar-refractivity contribution in [1.82, 2.24) is 5.32 Å². The van der Waals surface area contributed by atoms with Crippen LogP contribution in [0.2, 0.25) is 0 Å². The van der Waals surface area contributed by atoms with Crippen LogP contribution in [-0.2, 0) is 30.2 Å². The first kappa shape index (κ1) is 33.2. The normalized spacial score (nSPS) is 12.9. The second kappa shape index (κ2) is 18.4. The fraction of sp³-hybridized carbons (Fsp3) is 0.645. The molecule has 2 atom stereocenters. The molecule has 1 rings (SSSR count). The number of aryl methyl sites for hydroxylation is 1. The molecule has 0 saturated carbocycles. The summed E-state index contributed by atoms with van der Waals surface area (Å²) >= 11 is 0. The number of nitrogens with one attached hydrogen (secondary N) is 1. The van der Waals surface area contributed by atoms with E-state index >= 15 is 0 Å². The van der Waals surface area contributed by atoms with E-state index < -0.39 is 35.6 Å². The van der Waals surface area contributed by atoms with Crippen LogP contribution in [0.3, 0.4) is 0 Å². The minimum absolute atomic E-state index is 0.0865. The molecule has 1 aromatic rings. The lowest BCUT2D eigenvalue weighted by Gasteiger charge is -2.25. The molecule has 0 radical (unpaired) electrons. The third-order valence-corrected chi connectivity index (χ3v) is 5.84. The van der Waals surface area contributed by atoms with Crippen molar-refractivity contribution in [2.24, 2.45) is 11.8 Å². The molecule has 0 saturated heterocycles. The van der Waals surface area contributed by atoms with E-state index in [1.54, 1.807) is 20.8 Å². The SMILES string of the molecule is C=CCOC(=O)[C@@H](CCCCCCCCc1ccccc1)C[C@H](NC(=O)OC(C)(C)C)C(=O)OCC(C)C. The molecule has 38 heavy (non-hydrogen) atoms. The van der Waals surface area contributed by atoms with Gasteiger partial charge in [-0.1, -0.05) is 88.9 Å². The van der Waals surface area contributed by atoms with Crippen LogP contribution in [0.5, 0.6) is 0 Å². The van der Waals surface area contributed by atoms with E-state index in [0.29, 0.717) is 6.42 Å². The van der Waals surface area contributed by atoms with E-state index in [0.717, 1.165) is 38.5 Å². The molecule has 0 aromatic heterocycles. The molecule has 0 fully saturated rings. The molecule has 1 N–H and O–H groups in total. The van der Waals surface area contributed by atoms with Gasteiger partial charge in [0.1, 0.15) is 18.2 Å². The van der Waals surface area contributed by atoms with Crippen molar-refractivity contribution in [3.8, 4) is 0 Å². The highest BCUT2D eigenvalue weighted by Gasteiger charge is 2.32. The Bertz CT molecular complexity index is 831. The van der Waals surface area contributed by atoms with Gasteiger partial charge < -0.3 is 19.5 Å². The predicted octanol–water partition coefficient (Wildman–Crippen LogP) is 6.79. The Kier molecular flexibility index (Phi) is 16.1. The Hall–Kier alpha value is -2.83. The molecule has 0 bridgehead atoms. The van der Waals surface area contributed by atoms with Gasteiger partial charge in [0.2, 0.25) is 0 Å². The van der Waals surface area contributed by atoms with Crippen LogP contribution in [0.4, 0.5) is 4.79 Å². The molecule has 1 aromatic carbocycles. The Labute approximate surface area is 229 Å². The molecular weight excluding hydrogens is 482 g/mol. The van der Waals surface area contributed by atoms with E-state index in [1.165, 1.54) is 18.1 Å². The number of esters is 2. The standard InChI is InChI=1S/C31H49NO6/c1-7-21-36-28(33)26(20-16-11-9-8-10-13-17-25-18-14-12-15-19-25)22-27(29(34)37-23-24(2)3)32-30(35)38-31(4,5)6/h7,12,14-15,18-19,24,26-27H,1,8-11,13,16-17,20-23H2,2-6H3,(H,32,35)/t26-,27-/m0/s1. The molecule has 0 aliphatic heterocycles. The van der Waals surface area contributed by atoms with Gasteiger partial charge in [0.15, 0.2) is 0 Å². The minimum Gasteiger partial charge on any atom is -0.464 e. The van der Waals surface area contributed by atoms with Gasteiger partial charge in [0.05, 0.1) is 12.5 Å². The molecule has 7 nitrogen and oxygen atoms in total. The molecule has 214 valence electrons. The number of ether oxygens (including phenoxy) is 3. The van der Waals surface area contributed by atoms with Crippen molar-refractivity contribution in [1.29, 1.82) is 0 Å². The quantitative estimate of drug-likeness (QED) is 0.0971. The van der Waals surface area contributed by atoms with Gasteiger partial charge in [-0.15, -0.1) is 0 Å². The first-order chi connectivity index (χ1) is 18.0. The highest BCUT2D eigenvalue weighted by Crippen LogP contribution is 2.21. The average Bonchev–Trinajstić information content (AvgIpc) is 2.85. The largest absolute Gasteiger partial charge is 0.464 e.